The Morgan fingerprint density at radius 1 is 0.972 bits per heavy atom. The van der Waals surface area contributed by atoms with Crippen LogP contribution >= 0.6 is 0 Å². The molecule has 0 saturated heterocycles. The van der Waals surface area contributed by atoms with Crippen LogP contribution in [0, 0.1) is 6.92 Å². The molecule has 0 bridgehead atoms. The highest BCUT2D eigenvalue weighted by atomic mass is 16.5. The van der Waals surface area contributed by atoms with Crippen molar-refractivity contribution in [2.24, 2.45) is 0 Å². The minimum Gasteiger partial charge on any atom is -0.466 e. The van der Waals surface area contributed by atoms with Gasteiger partial charge >= 0.3 is 12.0 Å². The predicted molar refractivity (Wildman–Crippen MR) is 140 cm³/mol. The highest BCUT2D eigenvalue weighted by Gasteiger charge is 2.33. The summed E-state index contributed by atoms with van der Waals surface area (Å²) in [5, 5.41) is 3.07. The van der Waals surface area contributed by atoms with Gasteiger partial charge in [-0.3, -0.25) is 4.79 Å². The number of rotatable bonds is 5. The van der Waals surface area contributed by atoms with Gasteiger partial charge in [-0.25, -0.2) is 4.79 Å². The van der Waals surface area contributed by atoms with Crippen molar-refractivity contribution < 1.29 is 14.3 Å². The van der Waals surface area contributed by atoms with Gasteiger partial charge in [-0.05, 0) is 60.9 Å². The van der Waals surface area contributed by atoms with Gasteiger partial charge in [0.1, 0.15) is 0 Å². The zero-order chi connectivity index (χ0) is 25.1. The van der Waals surface area contributed by atoms with E-state index in [1.165, 1.54) is 0 Å². The van der Waals surface area contributed by atoms with Gasteiger partial charge in [0.15, 0.2) is 0 Å². The van der Waals surface area contributed by atoms with E-state index in [1.807, 2.05) is 53.4 Å². The van der Waals surface area contributed by atoms with Gasteiger partial charge in [0.2, 0.25) is 0 Å². The molecule has 3 aromatic carbocycles. The van der Waals surface area contributed by atoms with E-state index in [0.717, 1.165) is 33.6 Å². The minimum absolute atomic E-state index is 0.191. The van der Waals surface area contributed by atoms with E-state index in [1.54, 1.807) is 6.92 Å². The molecular weight excluding hydrogens is 450 g/mol. The standard InChI is InChI=1S/C30H29N3O3/c1-3-36-28(34)19-22-13-15-25(16-14-22)31-30(35)33-20-24-9-4-5-11-26(24)32-17-7-12-27(32)29(33)23-10-6-8-21(2)18-23/h4-18,29H,3,19-20H2,1-2H3,(H,31,35)/t29-/m0/s1. The summed E-state index contributed by atoms with van der Waals surface area (Å²) in [6.45, 7) is 4.68. The van der Waals surface area contributed by atoms with Crippen LogP contribution < -0.4 is 5.32 Å². The lowest BCUT2D eigenvalue weighted by Gasteiger charge is -2.31. The Hall–Kier alpha value is -4.32. The summed E-state index contributed by atoms with van der Waals surface area (Å²) in [7, 11) is 0. The molecule has 0 fully saturated rings. The Morgan fingerprint density at radius 3 is 2.56 bits per heavy atom. The van der Waals surface area contributed by atoms with Crippen LogP contribution in [0.5, 0.6) is 0 Å². The number of hydrogen-bond donors (Lipinski definition) is 1. The van der Waals surface area contributed by atoms with Crippen molar-refractivity contribution in [2.75, 3.05) is 11.9 Å². The zero-order valence-corrected chi connectivity index (χ0v) is 20.5. The summed E-state index contributed by atoms with van der Waals surface area (Å²) in [6.07, 6.45) is 2.26. The second-order valence-electron chi connectivity index (χ2n) is 8.99. The topological polar surface area (TPSA) is 63.6 Å². The number of ether oxygens (including phenoxy) is 1. The molecule has 0 unspecified atom stereocenters. The third-order valence-electron chi connectivity index (χ3n) is 6.44. The molecule has 1 aliphatic rings. The van der Waals surface area contributed by atoms with E-state index in [4.69, 9.17) is 4.74 Å². The third kappa shape index (κ3) is 4.75. The van der Waals surface area contributed by atoms with E-state index in [9.17, 15) is 9.59 Å². The number of carbonyl (C=O) groups is 2. The lowest BCUT2D eigenvalue weighted by molar-refractivity contribution is -0.142. The Morgan fingerprint density at radius 2 is 1.78 bits per heavy atom. The molecule has 1 atom stereocenters. The first-order valence-electron chi connectivity index (χ1n) is 12.2. The Labute approximate surface area is 211 Å². The second kappa shape index (κ2) is 10.1. The van der Waals surface area contributed by atoms with E-state index in [-0.39, 0.29) is 24.5 Å². The molecule has 1 aromatic heterocycles. The number of amides is 2. The number of nitrogens with zero attached hydrogens (tertiary/aromatic N) is 2. The summed E-state index contributed by atoms with van der Waals surface area (Å²) < 4.78 is 7.21. The summed E-state index contributed by atoms with van der Waals surface area (Å²) in [4.78, 5) is 27.5. The summed E-state index contributed by atoms with van der Waals surface area (Å²) >= 11 is 0. The maximum atomic E-state index is 13.8. The molecule has 182 valence electrons. The number of aryl methyl sites for hydroxylation is 1. The molecule has 2 heterocycles. The summed E-state index contributed by atoms with van der Waals surface area (Å²) in [5.74, 6) is -0.262. The molecule has 6 heteroatoms. The minimum atomic E-state index is -0.268. The van der Waals surface area contributed by atoms with Crippen molar-refractivity contribution in [3.05, 3.63) is 119 Å². The molecule has 36 heavy (non-hydrogen) atoms. The molecule has 0 saturated carbocycles. The molecule has 6 nitrogen and oxygen atoms in total. The Balaban J connectivity index is 1.48. The van der Waals surface area contributed by atoms with E-state index >= 15 is 0 Å². The normalized spacial score (nSPS) is 14.4. The average Bonchev–Trinajstić information content (AvgIpc) is 3.29. The van der Waals surface area contributed by atoms with Crippen molar-refractivity contribution in [3.8, 4) is 5.69 Å². The molecule has 2 amide bonds. The number of aromatic nitrogens is 1. The number of fused-ring (bicyclic) bond motifs is 3. The fourth-order valence-corrected chi connectivity index (χ4v) is 4.81. The maximum absolute atomic E-state index is 13.8. The molecular formula is C30H29N3O3. The van der Waals surface area contributed by atoms with Crippen molar-refractivity contribution in [2.45, 2.75) is 32.9 Å². The van der Waals surface area contributed by atoms with Gasteiger partial charge in [-0.2, -0.15) is 0 Å². The monoisotopic (exact) mass is 479 g/mol. The number of urea groups is 1. The molecule has 0 radical (unpaired) electrons. The number of nitrogens with one attached hydrogen (secondary N) is 1. The molecule has 1 N–H and O–H groups in total. The Bertz CT molecular complexity index is 1390. The van der Waals surface area contributed by atoms with Crippen LogP contribution in [0.25, 0.3) is 5.69 Å². The van der Waals surface area contributed by atoms with E-state index in [0.29, 0.717) is 18.8 Å². The molecule has 5 rings (SSSR count). The first-order valence-corrected chi connectivity index (χ1v) is 12.2. The van der Waals surface area contributed by atoms with Crippen LogP contribution in [0.15, 0.2) is 91.1 Å². The van der Waals surface area contributed by atoms with Gasteiger partial charge in [0.25, 0.3) is 0 Å². The second-order valence-corrected chi connectivity index (χ2v) is 8.99. The predicted octanol–water partition coefficient (Wildman–Crippen LogP) is 6.03. The smallest absolute Gasteiger partial charge is 0.322 e. The number of benzene rings is 3. The maximum Gasteiger partial charge on any atom is 0.322 e. The quantitative estimate of drug-likeness (QED) is 0.356. The van der Waals surface area contributed by atoms with Crippen molar-refractivity contribution in [1.82, 2.24) is 9.47 Å². The SMILES string of the molecule is CCOC(=O)Cc1ccc(NC(=O)N2Cc3ccccc3-n3cccc3[C@@H]2c2cccc(C)c2)cc1. The number of hydrogen-bond acceptors (Lipinski definition) is 3. The number of para-hydroxylation sites is 1. The fraction of sp³-hybridized carbons (Fsp3) is 0.200. The van der Waals surface area contributed by atoms with Crippen LogP contribution in [0.4, 0.5) is 10.5 Å². The van der Waals surface area contributed by atoms with Gasteiger partial charge in [0, 0.05) is 17.6 Å². The van der Waals surface area contributed by atoms with Crippen LogP contribution in [-0.4, -0.2) is 28.1 Å². The fourth-order valence-electron chi connectivity index (χ4n) is 4.81. The zero-order valence-electron chi connectivity index (χ0n) is 20.5. The number of anilines is 1. The highest BCUT2D eigenvalue weighted by molar-refractivity contribution is 5.90. The van der Waals surface area contributed by atoms with E-state index in [2.05, 4.69) is 59.4 Å². The average molecular weight is 480 g/mol. The molecule has 1 aliphatic heterocycles. The molecule has 4 aromatic rings. The van der Waals surface area contributed by atoms with Crippen molar-refractivity contribution >= 4 is 17.7 Å². The molecule has 0 aliphatic carbocycles. The van der Waals surface area contributed by atoms with E-state index < -0.39 is 0 Å². The third-order valence-corrected chi connectivity index (χ3v) is 6.44. The van der Waals surface area contributed by atoms with Gasteiger partial charge in [-0.1, -0.05) is 60.2 Å². The Kier molecular flexibility index (Phi) is 6.58. The van der Waals surface area contributed by atoms with Crippen LogP contribution in [0.1, 0.15) is 40.9 Å². The van der Waals surface area contributed by atoms with Crippen molar-refractivity contribution in [1.29, 1.82) is 0 Å². The number of carbonyl (C=O) groups excluding carboxylic acids is 2. The van der Waals surface area contributed by atoms with Crippen LogP contribution in [-0.2, 0) is 22.5 Å². The van der Waals surface area contributed by atoms with Gasteiger partial charge < -0.3 is 19.5 Å². The summed E-state index contributed by atoms with van der Waals surface area (Å²) in [5.41, 5.74) is 6.89. The van der Waals surface area contributed by atoms with Gasteiger partial charge in [0.05, 0.1) is 31.3 Å². The lowest BCUT2D eigenvalue weighted by Crippen LogP contribution is -2.38. The molecule has 0 spiro atoms. The summed E-state index contributed by atoms with van der Waals surface area (Å²) in [6, 6.07) is 27.5. The first kappa shape index (κ1) is 23.4. The van der Waals surface area contributed by atoms with Crippen LogP contribution in [0.2, 0.25) is 0 Å². The van der Waals surface area contributed by atoms with Gasteiger partial charge in [-0.15, -0.1) is 0 Å². The highest BCUT2D eigenvalue weighted by Crippen LogP contribution is 2.37. The largest absolute Gasteiger partial charge is 0.466 e. The first-order chi connectivity index (χ1) is 17.5. The van der Waals surface area contributed by atoms with Crippen LogP contribution in [0.3, 0.4) is 0 Å². The lowest BCUT2D eigenvalue weighted by atomic mass is 10.00. The number of esters is 1. The van der Waals surface area contributed by atoms with Crippen molar-refractivity contribution in [3.63, 3.8) is 0 Å².